The highest BCUT2D eigenvalue weighted by Crippen LogP contribution is 2.08. The van der Waals surface area contributed by atoms with E-state index >= 15 is 0 Å². The average molecular weight is 244 g/mol. The highest BCUT2D eigenvalue weighted by Gasteiger charge is 2.11. The molecular formula is C15H18NO2+. The van der Waals surface area contributed by atoms with Crippen LogP contribution in [0, 0.1) is 6.92 Å². The second kappa shape index (κ2) is 6.17. The Balaban J connectivity index is 1.82. The molecule has 1 atom stereocenters. The minimum Gasteiger partial charge on any atom is -0.491 e. The summed E-state index contributed by atoms with van der Waals surface area (Å²) in [6.45, 7) is 2.87. The van der Waals surface area contributed by atoms with E-state index in [-0.39, 0.29) is 0 Å². The summed E-state index contributed by atoms with van der Waals surface area (Å²) >= 11 is 0. The molecule has 0 fully saturated rings. The lowest BCUT2D eigenvalue weighted by Gasteiger charge is -2.09. The third kappa shape index (κ3) is 3.86. The van der Waals surface area contributed by atoms with E-state index in [9.17, 15) is 5.11 Å². The van der Waals surface area contributed by atoms with E-state index in [2.05, 4.69) is 0 Å². The van der Waals surface area contributed by atoms with Crippen LogP contribution in [0.3, 0.4) is 0 Å². The molecule has 0 saturated carbocycles. The predicted molar refractivity (Wildman–Crippen MR) is 69.3 cm³/mol. The molecule has 3 nitrogen and oxygen atoms in total. The van der Waals surface area contributed by atoms with E-state index < -0.39 is 6.10 Å². The summed E-state index contributed by atoms with van der Waals surface area (Å²) in [5.41, 5.74) is 1.21. The van der Waals surface area contributed by atoms with Gasteiger partial charge in [0.25, 0.3) is 0 Å². The van der Waals surface area contributed by atoms with Crippen LogP contribution in [-0.4, -0.2) is 17.8 Å². The predicted octanol–water partition coefficient (Wildman–Crippen LogP) is 1.72. The van der Waals surface area contributed by atoms with Crippen molar-refractivity contribution < 1.29 is 14.4 Å². The highest BCUT2D eigenvalue weighted by atomic mass is 16.5. The Morgan fingerprint density at radius 2 is 1.78 bits per heavy atom. The number of aromatic nitrogens is 1. The van der Waals surface area contributed by atoms with Gasteiger partial charge in [-0.1, -0.05) is 18.2 Å². The Morgan fingerprint density at radius 3 is 2.44 bits per heavy atom. The van der Waals surface area contributed by atoms with Crippen LogP contribution in [0.2, 0.25) is 0 Å². The van der Waals surface area contributed by atoms with E-state index in [1.165, 1.54) is 5.56 Å². The lowest BCUT2D eigenvalue weighted by Crippen LogP contribution is -2.41. The summed E-state index contributed by atoms with van der Waals surface area (Å²) in [7, 11) is 0. The molecule has 1 unspecified atom stereocenters. The van der Waals surface area contributed by atoms with Crippen molar-refractivity contribution in [2.45, 2.75) is 19.6 Å². The number of ether oxygens (including phenoxy) is 1. The molecule has 0 aliphatic rings. The molecule has 0 bridgehead atoms. The van der Waals surface area contributed by atoms with Gasteiger partial charge in [0.05, 0.1) is 0 Å². The zero-order chi connectivity index (χ0) is 12.8. The van der Waals surface area contributed by atoms with E-state index in [1.807, 2.05) is 66.3 Å². The third-order valence-corrected chi connectivity index (χ3v) is 2.66. The molecule has 18 heavy (non-hydrogen) atoms. The zero-order valence-electron chi connectivity index (χ0n) is 10.5. The van der Waals surface area contributed by atoms with Crippen molar-refractivity contribution in [1.29, 1.82) is 0 Å². The molecule has 94 valence electrons. The first kappa shape index (κ1) is 12.6. The van der Waals surface area contributed by atoms with Gasteiger partial charge in [-0.25, -0.2) is 4.57 Å². The topological polar surface area (TPSA) is 33.3 Å². The van der Waals surface area contributed by atoms with Gasteiger partial charge in [-0.2, -0.15) is 0 Å². The Morgan fingerprint density at radius 1 is 1.11 bits per heavy atom. The largest absolute Gasteiger partial charge is 0.491 e. The Bertz CT molecular complexity index is 468. The van der Waals surface area contributed by atoms with Gasteiger partial charge in [-0.15, -0.1) is 0 Å². The molecule has 2 aromatic rings. The smallest absolute Gasteiger partial charge is 0.177 e. The molecule has 2 rings (SSSR count). The van der Waals surface area contributed by atoms with Crippen LogP contribution < -0.4 is 9.30 Å². The van der Waals surface area contributed by atoms with Gasteiger partial charge in [0.1, 0.15) is 18.5 Å². The number of para-hydroxylation sites is 1. The maximum absolute atomic E-state index is 9.89. The lowest BCUT2D eigenvalue weighted by atomic mass is 10.3. The quantitative estimate of drug-likeness (QED) is 0.812. The van der Waals surface area contributed by atoms with Crippen LogP contribution in [0.25, 0.3) is 0 Å². The average Bonchev–Trinajstić information content (AvgIpc) is 2.40. The van der Waals surface area contributed by atoms with Crippen LogP contribution >= 0.6 is 0 Å². The second-order valence-electron chi connectivity index (χ2n) is 4.35. The first-order chi connectivity index (χ1) is 8.74. The van der Waals surface area contributed by atoms with E-state index in [4.69, 9.17) is 4.74 Å². The fourth-order valence-corrected chi connectivity index (χ4v) is 1.66. The van der Waals surface area contributed by atoms with Crippen molar-refractivity contribution in [3.8, 4) is 5.75 Å². The summed E-state index contributed by atoms with van der Waals surface area (Å²) in [6.07, 6.45) is 3.40. The minimum absolute atomic E-state index is 0.297. The number of aryl methyl sites for hydroxylation is 1. The Kier molecular flexibility index (Phi) is 4.31. The normalized spacial score (nSPS) is 12.1. The molecule has 1 heterocycles. The second-order valence-corrected chi connectivity index (χ2v) is 4.35. The number of hydrogen-bond acceptors (Lipinski definition) is 2. The zero-order valence-corrected chi connectivity index (χ0v) is 10.5. The number of benzene rings is 1. The SMILES string of the molecule is Cc1cc[n+](CC(O)COc2ccccc2)cc1. The van der Waals surface area contributed by atoms with Crippen molar-refractivity contribution in [2.24, 2.45) is 0 Å². The van der Waals surface area contributed by atoms with E-state index in [0.717, 1.165) is 5.75 Å². The van der Waals surface area contributed by atoms with Crippen molar-refractivity contribution in [3.05, 3.63) is 60.4 Å². The standard InChI is InChI=1S/C15H18NO2/c1-13-7-9-16(10-8-13)11-14(17)12-18-15-5-3-2-4-6-15/h2-10,14,17H,11-12H2,1H3/q+1. The van der Waals surface area contributed by atoms with Gasteiger partial charge in [0.15, 0.2) is 18.9 Å². The maximum Gasteiger partial charge on any atom is 0.177 e. The number of rotatable bonds is 5. The van der Waals surface area contributed by atoms with Gasteiger partial charge in [-0.3, -0.25) is 0 Å². The molecule has 0 spiro atoms. The molecule has 0 amide bonds. The van der Waals surface area contributed by atoms with Gasteiger partial charge in [-0.05, 0) is 24.6 Å². The number of aliphatic hydroxyl groups is 1. The first-order valence-electron chi connectivity index (χ1n) is 6.05. The molecule has 0 radical (unpaired) electrons. The summed E-state index contributed by atoms with van der Waals surface area (Å²) in [6, 6.07) is 13.6. The fraction of sp³-hybridized carbons (Fsp3) is 0.267. The summed E-state index contributed by atoms with van der Waals surface area (Å²) in [5, 5.41) is 9.89. The molecule has 0 saturated heterocycles. The van der Waals surface area contributed by atoms with Crippen LogP contribution in [-0.2, 0) is 6.54 Å². The number of nitrogens with zero attached hydrogens (tertiary/aromatic N) is 1. The van der Waals surface area contributed by atoms with Crippen molar-refractivity contribution >= 4 is 0 Å². The van der Waals surface area contributed by atoms with Crippen molar-refractivity contribution in [2.75, 3.05) is 6.61 Å². The highest BCUT2D eigenvalue weighted by molar-refractivity contribution is 5.20. The number of hydrogen-bond donors (Lipinski definition) is 1. The van der Waals surface area contributed by atoms with E-state index in [0.29, 0.717) is 13.2 Å². The van der Waals surface area contributed by atoms with Gasteiger partial charge >= 0.3 is 0 Å². The molecule has 1 N–H and O–H groups in total. The van der Waals surface area contributed by atoms with Gasteiger partial charge in [0, 0.05) is 12.1 Å². The lowest BCUT2D eigenvalue weighted by molar-refractivity contribution is -0.703. The van der Waals surface area contributed by atoms with Crippen molar-refractivity contribution in [1.82, 2.24) is 0 Å². The summed E-state index contributed by atoms with van der Waals surface area (Å²) in [5.74, 6) is 0.783. The van der Waals surface area contributed by atoms with Crippen LogP contribution in [0.4, 0.5) is 0 Å². The minimum atomic E-state index is -0.516. The number of pyridine rings is 1. The van der Waals surface area contributed by atoms with Crippen LogP contribution in [0.15, 0.2) is 54.9 Å². The third-order valence-electron chi connectivity index (χ3n) is 2.66. The van der Waals surface area contributed by atoms with E-state index in [1.54, 1.807) is 0 Å². The molecule has 1 aromatic carbocycles. The summed E-state index contributed by atoms with van der Waals surface area (Å²) < 4.78 is 7.45. The van der Waals surface area contributed by atoms with Crippen LogP contribution in [0.5, 0.6) is 5.75 Å². The maximum atomic E-state index is 9.89. The molecule has 0 aliphatic carbocycles. The Labute approximate surface area is 107 Å². The molecular weight excluding hydrogens is 226 g/mol. The molecule has 1 aromatic heterocycles. The fourth-order valence-electron chi connectivity index (χ4n) is 1.66. The van der Waals surface area contributed by atoms with Gasteiger partial charge in [0.2, 0.25) is 0 Å². The molecule has 3 heteroatoms. The van der Waals surface area contributed by atoms with Crippen LogP contribution in [0.1, 0.15) is 5.56 Å². The Hall–Kier alpha value is -1.87. The van der Waals surface area contributed by atoms with Crippen molar-refractivity contribution in [3.63, 3.8) is 0 Å². The number of aliphatic hydroxyl groups excluding tert-OH is 1. The first-order valence-corrected chi connectivity index (χ1v) is 6.05. The van der Waals surface area contributed by atoms with Gasteiger partial charge < -0.3 is 9.84 Å². The monoisotopic (exact) mass is 244 g/mol. The molecule has 0 aliphatic heterocycles. The summed E-state index contributed by atoms with van der Waals surface area (Å²) in [4.78, 5) is 0.